The molecule has 42 heavy (non-hydrogen) atoms. The summed E-state index contributed by atoms with van der Waals surface area (Å²) in [7, 11) is 1.59. The van der Waals surface area contributed by atoms with Gasteiger partial charge in [0.2, 0.25) is 17.8 Å². The zero-order chi connectivity index (χ0) is 28.5. The molecule has 6 fully saturated rings. The molecule has 4 aliphatic carbocycles. The molecule has 4 bridgehead atoms. The van der Waals surface area contributed by atoms with Gasteiger partial charge in [0.15, 0.2) is 11.5 Å². The van der Waals surface area contributed by atoms with Gasteiger partial charge in [0.25, 0.3) is 0 Å². The summed E-state index contributed by atoms with van der Waals surface area (Å²) in [5, 5.41) is 4.42. The van der Waals surface area contributed by atoms with Gasteiger partial charge in [-0.3, -0.25) is 4.79 Å². The zero-order valence-corrected chi connectivity index (χ0v) is 24.5. The fourth-order valence-corrected chi connectivity index (χ4v) is 8.13. The Kier molecular flexibility index (Phi) is 7.60. The standard InChI is InChI=1S/C31H41N7O4/c1-40-26-16-21(5-6-25(26)42-27(39)31-17-22-13-23(18-31)15-24(14-22)19-31)20-32-36-28-33-29(37-7-3-2-4-8-37)35-30(34-28)38-9-11-41-12-10-38/h5-6,16,20,22-24H,2-4,7-15,17-19H2,1H3,(H,33,34,35,36)/b32-20-. The van der Waals surface area contributed by atoms with E-state index in [0.29, 0.717) is 60.3 Å². The lowest BCUT2D eigenvalue weighted by atomic mass is 9.49. The Bertz CT molecular complexity index is 1250. The average Bonchev–Trinajstić information content (AvgIpc) is 3.02. The molecule has 1 N–H and O–H groups in total. The van der Waals surface area contributed by atoms with Crippen LogP contribution in [-0.4, -0.2) is 73.6 Å². The summed E-state index contributed by atoms with van der Waals surface area (Å²) < 4.78 is 17.2. The number of hydrazone groups is 1. The fourth-order valence-electron chi connectivity index (χ4n) is 8.13. The van der Waals surface area contributed by atoms with Crippen molar-refractivity contribution in [2.45, 2.75) is 57.8 Å². The maximum atomic E-state index is 13.5. The number of hydrogen-bond donors (Lipinski definition) is 1. The minimum atomic E-state index is -0.318. The molecule has 11 heteroatoms. The van der Waals surface area contributed by atoms with Crippen LogP contribution in [0, 0.1) is 23.2 Å². The minimum absolute atomic E-state index is 0.0848. The first kappa shape index (κ1) is 27.4. The van der Waals surface area contributed by atoms with Gasteiger partial charge in [0.05, 0.1) is 32.0 Å². The number of nitrogens with one attached hydrogen (secondary N) is 1. The number of morpholine rings is 1. The van der Waals surface area contributed by atoms with Crippen LogP contribution in [0.2, 0.25) is 0 Å². The van der Waals surface area contributed by atoms with Gasteiger partial charge in [-0.05, 0) is 99.3 Å². The van der Waals surface area contributed by atoms with Crippen LogP contribution in [0.15, 0.2) is 23.3 Å². The van der Waals surface area contributed by atoms with Crippen molar-refractivity contribution >= 4 is 30.0 Å². The molecule has 0 amide bonds. The lowest BCUT2D eigenvalue weighted by molar-refractivity contribution is -0.161. The van der Waals surface area contributed by atoms with Gasteiger partial charge in [-0.25, -0.2) is 5.43 Å². The molecule has 1 aromatic carbocycles. The molecular weight excluding hydrogens is 534 g/mol. The molecule has 2 saturated heterocycles. The summed E-state index contributed by atoms with van der Waals surface area (Å²) in [6.45, 7) is 4.67. The molecule has 224 valence electrons. The summed E-state index contributed by atoms with van der Waals surface area (Å²) in [4.78, 5) is 32.0. The van der Waals surface area contributed by atoms with Crippen molar-refractivity contribution in [2.24, 2.45) is 28.3 Å². The monoisotopic (exact) mass is 575 g/mol. The Morgan fingerprint density at radius 3 is 2.21 bits per heavy atom. The summed E-state index contributed by atoms with van der Waals surface area (Å²) in [5.41, 5.74) is 3.49. The second-order valence-corrected chi connectivity index (χ2v) is 12.8. The molecule has 0 unspecified atom stereocenters. The van der Waals surface area contributed by atoms with E-state index in [0.717, 1.165) is 63.8 Å². The predicted molar refractivity (Wildman–Crippen MR) is 159 cm³/mol. The number of methoxy groups -OCH3 is 1. The van der Waals surface area contributed by atoms with E-state index in [9.17, 15) is 4.79 Å². The number of esters is 1. The SMILES string of the molecule is COc1cc(/C=N\Nc2nc(N3CCCCC3)nc(N3CCOCC3)n2)ccc1OC(=O)C12CC3CC(CC(C3)C1)C2. The van der Waals surface area contributed by atoms with Crippen LogP contribution in [-0.2, 0) is 9.53 Å². The van der Waals surface area contributed by atoms with Crippen molar-refractivity contribution < 1.29 is 19.0 Å². The first-order valence-electron chi connectivity index (χ1n) is 15.6. The fraction of sp³-hybridized carbons (Fsp3) is 0.645. The second kappa shape index (κ2) is 11.7. The van der Waals surface area contributed by atoms with Gasteiger partial charge in [0.1, 0.15) is 0 Å². The summed E-state index contributed by atoms with van der Waals surface area (Å²) in [6, 6.07) is 5.51. The molecule has 0 atom stereocenters. The molecule has 1 aromatic heterocycles. The van der Waals surface area contributed by atoms with Crippen molar-refractivity contribution in [3.05, 3.63) is 23.8 Å². The largest absolute Gasteiger partial charge is 0.493 e. The third-order valence-electron chi connectivity index (χ3n) is 9.78. The number of benzene rings is 1. The minimum Gasteiger partial charge on any atom is -0.493 e. The van der Waals surface area contributed by atoms with E-state index in [1.807, 2.05) is 12.1 Å². The number of rotatable bonds is 8. The molecule has 2 aromatic rings. The molecule has 6 aliphatic rings. The average molecular weight is 576 g/mol. The van der Waals surface area contributed by atoms with Gasteiger partial charge in [-0.2, -0.15) is 20.1 Å². The Hall–Kier alpha value is -3.47. The quantitative estimate of drug-likeness (QED) is 0.212. The number of hydrogen-bond acceptors (Lipinski definition) is 11. The Labute approximate surface area is 247 Å². The van der Waals surface area contributed by atoms with E-state index in [1.165, 1.54) is 25.7 Å². The van der Waals surface area contributed by atoms with Crippen LogP contribution in [0.1, 0.15) is 63.4 Å². The first-order valence-corrected chi connectivity index (χ1v) is 15.6. The van der Waals surface area contributed by atoms with E-state index < -0.39 is 0 Å². The zero-order valence-electron chi connectivity index (χ0n) is 24.5. The van der Waals surface area contributed by atoms with Crippen LogP contribution < -0.4 is 24.7 Å². The summed E-state index contributed by atoms with van der Waals surface area (Å²) in [6.07, 6.45) is 12.0. The summed E-state index contributed by atoms with van der Waals surface area (Å²) in [5.74, 6) is 4.65. The molecular formula is C31H41N7O4. The lowest BCUT2D eigenvalue weighted by Crippen LogP contribution is -2.51. The normalized spacial score (nSPS) is 28.7. The second-order valence-electron chi connectivity index (χ2n) is 12.8. The van der Waals surface area contributed by atoms with Crippen LogP contribution in [0.4, 0.5) is 17.8 Å². The van der Waals surface area contributed by atoms with Crippen LogP contribution in [0.25, 0.3) is 0 Å². The van der Waals surface area contributed by atoms with Crippen LogP contribution in [0.5, 0.6) is 11.5 Å². The number of ether oxygens (including phenoxy) is 3. The van der Waals surface area contributed by atoms with E-state index in [-0.39, 0.29) is 11.4 Å². The molecule has 11 nitrogen and oxygen atoms in total. The predicted octanol–water partition coefficient (Wildman–Crippen LogP) is 4.27. The van der Waals surface area contributed by atoms with Gasteiger partial charge >= 0.3 is 5.97 Å². The molecule has 8 rings (SSSR count). The smallest absolute Gasteiger partial charge is 0.317 e. The third-order valence-corrected chi connectivity index (χ3v) is 9.78. The van der Waals surface area contributed by atoms with Crippen LogP contribution >= 0.6 is 0 Å². The Balaban J connectivity index is 1.05. The molecule has 0 spiro atoms. The maximum Gasteiger partial charge on any atom is 0.317 e. The number of piperidine rings is 1. The van der Waals surface area contributed by atoms with Crippen molar-refractivity contribution in [3.8, 4) is 11.5 Å². The number of carbonyl (C=O) groups excluding carboxylic acids is 1. The number of nitrogens with zero attached hydrogens (tertiary/aromatic N) is 6. The molecule has 3 heterocycles. The number of carbonyl (C=O) groups is 1. The topological polar surface area (TPSA) is 114 Å². The first-order chi connectivity index (χ1) is 20.6. The highest BCUT2D eigenvalue weighted by Crippen LogP contribution is 2.60. The highest BCUT2D eigenvalue weighted by atomic mass is 16.6. The van der Waals surface area contributed by atoms with E-state index in [1.54, 1.807) is 19.4 Å². The molecule has 0 radical (unpaired) electrons. The van der Waals surface area contributed by atoms with Crippen molar-refractivity contribution in [3.63, 3.8) is 0 Å². The lowest BCUT2D eigenvalue weighted by Gasteiger charge is -2.55. The highest BCUT2D eigenvalue weighted by molar-refractivity contribution is 5.83. The van der Waals surface area contributed by atoms with Crippen molar-refractivity contribution in [1.82, 2.24) is 15.0 Å². The van der Waals surface area contributed by atoms with Gasteiger partial charge in [-0.1, -0.05) is 0 Å². The van der Waals surface area contributed by atoms with Gasteiger partial charge in [-0.15, -0.1) is 0 Å². The van der Waals surface area contributed by atoms with Gasteiger partial charge in [0, 0.05) is 26.2 Å². The highest BCUT2D eigenvalue weighted by Gasteiger charge is 2.55. The Morgan fingerprint density at radius 1 is 0.929 bits per heavy atom. The molecule has 2 aliphatic heterocycles. The van der Waals surface area contributed by atoms with Crippen molar-refractivity contribution in [2.75, 3.05) is 61.7 Å². The summed E-state index contributed by atoms with van der Waals surface area (Å²) >= 11 is 0. The van der Waals surface area contributed by atoms with Gasteiger partial charge < -0.3 is 24.0 Å². The van der Waals surface area contributed by atoms with E-state index in [2.05, 4.69) is 30.3 Å². The van der Waals surface area contributed by atoms with E-state index in [4.69, 9.17) is 19.2 Å². The Morgan fingerprint density at radius 2 is 1.57 bits per heavy atom. The third kappa shape index (κ3) is 5.63. The van der Waals surface area contributed by atoms with Crippen LogP contribution in [0.3, 0.4) is 0 Å². The number of anilines is 3. The number of aromatic nitrogens is 3. The maximum absolute atomic E-state index is 13.5. The molecule has 4 saturated carbocycles. The van der Waals surface area contributed by atoms with E-state index >= 15 is 0 Å². The van der Waals surface area contributed by atoms with Crippen molar-refractivity contribution in [1.29, 1.82) is 0 Å².